The third kappa shape index (κ3) is 7.23. The van der Waals surface area contributed by atoms with E-state index < -0.39 is 11.3 Å². The van der Waals surface area contributed by atoms with Crippen molar-refractivity contribution < 1.29 is 19.4 Å². The molecule has 0 saturated carbocycles. The third-order valence-electron chi connectivity index (χ3n) is 9.78. The Hall–Kier alpha value is -3.76. The highest BCUT2D eigenvalue weighted by atomic mass is 32.1. The molecule has 2 amide bonds. The van der Waals surface area contributed by atoms with Gasteiger partial charge >= 0.3 is 0 Å². The first-order chi connectivity index (χ1) is 23.0. The zero-order chi connectivity index (χ0) is 32.6. The molecule has 1 atom stereocenters. The van der Waals surface area contributed by atoms with E-state index in [1.165, 1.54) is 4.88 Å². The second-order valence-electron chi connectivity index (χ2n) is 12.7. The predicted octanol–water partition coefficient (Wildman–Crippen LogP) is 5.27. The lowest BCUT2D eigenvalue weighted by Crippen LogP contribution is -2.47. The summed E-state index contributed by atoms with van der Waals surface area (Å²) in [7, 11) is 0. The van der Waals surface area contributed by atoms with Crippen molar-refractivity contribution in [2.45, 2.75) is 43.9 Å². The number of primary amides is 1. The minimum atomic E-state index is -1.15. The number of carbonyl (C=O) groups is 2. The van der Waals surface area contributed by atoms with Gasteiger partial charge in [-0.3, -0.25) is 14.5 Å². The number of aliphatic hydroxyl groups excluding tert-OH is 1. The van der Waals surface area contributed by atoms with Gasteiger partial charge in [-0.1, -0.05) is 54.6 Å². The lowest BCUT2D eigenvalue weighted by molar-refractivity contribution is -0.121. The van der Waals surface area contributed by atoms with Gasteiger partial charge in [-0.15, -0.1) is 11.3 Å². The second-order valence-corrected chi connectivity index (χ2v) is 13.7. The summed E-state index contributed by atoms with van der Waals surface area (Å²) in [6, 6.07) is 17.5. The van der Waals surface area contributed by atoms with E-state index in [2.05, 4.69) is 21.2 Å². The van der Waals surface area contributed by atoms with Crippen LogP contribution in [0.3, 0.4) is 0 Å². The van der Waals surface area contributed by atoms with Crippen LogP contribution in [0.25, 0.3) is 5.57 Å². The van der Waals surface area contributed by atoms with E-state index in [4.69, 9.17) is 10.5 Å². The summed E-state index contributed by atoms with van der Waals surface area (Å²) in [4.78, 5) is 35.7. The number of carbonyl (C=O) groups excluding carboxylic acids is 2. The van der Waals surface area contributed by atoms with Crippen LogP contribution in [0.5, 0.6) is 5.75 Å². The standard InChI is InChI=1S/C38H46N4O4S/c39-37(45)38(17-6-4-12-31(38)29-10-2-1-3-11-29)32-15-14-30(36(44)42-19-7-5-13-35-33(42)16-27-47-35)28-34(32)46-26-9-8-18-40-20-22-41(23-21-40)24-25-43/h1-4,6,10-12,14-16,27-28,43H,5,7-9,13,17-26H2,(H2,39,45). The van der Waals surface area contributed by atoms with Crippen LogP contribution < -0.4 is 15.4 Å². The number of fused-ring (bicyclic) bond motifs is 1. The van der Waals surface area contributed by atoms with Crippen LogP contribution in [0.1, 0.15) is 58.5 Å². The highest BCUT2D eigenvalue weighted by Gasteiger charge is 2.45. The van der Waals surface area contributed by atoms with Crippen LogP contribution in [0, 0.1) is 0 Å². The number of thiophene rings is 1. The first-order valence-corrected chi connectivity index (χ1v) is 17.8. The number of hydrogen-bond donors (Lipinski definition) is 2. The number of allylic oxidation sites excluding steroid dienone is 3. The molecule has 47 heavy (non-hydrogen) atoms. The van der Waals surface area contributed by atoms with Gasteiger partial charge in [0, 0.05) is 55.3 Å². The molecule has 8 nitrogen and oxygen atoms in total. The Balaban J connectivity index is 1.27. The Labute approximate surface area is 282 Å². The van der Waals surface area contributed by atoms with Gasteiger partial charge in [-0.25, -0.2) is 0 Å². The van der Waals surface area contributed by atoms with Gasteiger partial charge in [0.25, 0.3) is 5.91 Å². The van der Waals surface area contributed by atoms with E-state index in [-0.39, 0.29) is 12.5 Å². The summed E-state index contributed by atoms with van der Waals surface area (Å²) in [6.07, 6.45) is 11.1. The lowest BCUT2D eigenvalue weighted by atomic mass is 9.66. The van der Waals surface area contributed by atoms with Crippen molar-refractivity contribution in [3.05, 3.63) is 99.8 Å². The molecule has 248 valence electrons. The van der Waals surface area contributed by atoms with Gasteiger partial charge in [0.05, 0.1) is 18.9 Å². The summed E-state index contributed by atoms with van der Waals surface area (Å²) >= 11 is 1.71. The van der Waals surface area contributed by atoms with Gasteiger partial charge in [-0.2, -0.15) is 0 Å². The second kappa shape index (κ2) is 15.4. The molecule has 2 aliphatic heterocycles. The highest BCUT2D eigenvalue weighted by Crippen LogP contribution is 2.47. The number of hydrogen-bond acceptors (Lipinski definition) is 7. The number of aryl methyl sites for hydroxylation is 1. The van der Waals surface area contributed by atoms with Crippen molar-refractivity contribution in [3.8, 4) is 5.75 Å². The number of nitrogens with zero attached hydrogens (tertiary/aromatic N) is 3. The Morgan fingerprint density at radius 1 is 0.936 bits per heavy atom. The molecule has 0 bridgehead atoms. The van der Waals surface area contributed by atoms with E-state index >= 15 is 0 Å². The number of aliphatic hydroxyl groups is 1. The molecule has 3 aromatic rings. The topological polar surface area (TPSA) is 99.3 Å². The fourth-order valence-electron chi connectivity index (χ4n) is 7.17. The quantitative estimate of drug-likeness (QED) is 0.259. The predicted molar refractivity (Wildman–Crippen MR) is 189 cm³/mol. The average Bonchev–Trinajstić information content (AvgIpc) is 3.47. The Morgan fingerprint density at radius 3 is 2.49 bits per heavy atom. The van der Waals surface area contributed by atoms with Gasteiger partial charge < -0.3 is 25.4 Å². The van der Waals surface area contributed by atoms with Crippen molar-refractivity contribution in [3.63, 3.8) is 0 Å². The Kier molecular flexibility index (Phi) is 10.9. The molecular weight excluding hydrogens is 609 g/mol. The van der Waals surface area contributed by atoms with Crippen molar-refractivity contribution >= 4 is 34.4 Å². The van der Waals surface area contributed by atoms with Gasteiger partial charge in [0.2, 0.25) is 5.91 Å². The number of rotatable bonds is 12. The maximum Gasteiger partial charge on any atom is 0.258 e. The molecule has 2 aromatic carbocycles. The number of ether oxygens (including phenoxy) is 1. The number of benzene rings is 2. The Bertz CT molecular complexity index is 1590. The summed E-state index contributed by atoms with van der Waals surface area (Å²) < 4.78 is 6.56. The Morgan fingerprint density at radius 2 is 1.72 bits per heavy atom. The van der Waals surface area contributed by atoms with Crippen molar-refractivity contribution in [1.29, 1.82) is 0 Å². The first kappa shape index (κ1) is 33.2. The SMILES string of the molecule is NC(=O)C1(c2ccc(C(=O)N3CCCCc4sccc43)cc2OCCCCN2CCN(CCO)CC2)CC=CC=C1c1ccccc1. The number of piperazine rings is 1. The van der Waals surface area contributed by atoms with Crippen LogP contribution in [-0.2, 0) is 16.6 Å². The minimum absolute atomic E-state index is 0.0567. The zero-order valence-electron chi connectivity index (χ0n) is 27.1. The smallest absolute Gasteiger partial charge is 0.258 e. The number of β-amino-alcohol motifs (C(OH)–C–C–N with tert-alkyl or cyclic N) is 1. The minimum Gasteiger partial charge on any atom is -0.493 e. The van der Waals surface area contributed by atoms with Crippen LogP contribution >= 0.6 is 11.3 Å². The molecule has 6 rings (SSSR count). The number of amides is 2. The molecule has 3 N–H and O–H groups in total. The van der Waals surface area contributed by atoms with E-state index in [9.17, 15) is 14.7 Å². The summed E-state index contributed by atoms with van der Waals surface area (Å²) in [5, 5.41) is 11.3. The molecule has 3 aliphatic rings. The molecule has 1 fully saturated rings. The van der Waals surface area contributed by atoms with Crippen molar-refractivity contribution in [1.82, 2.24) is 9.80 Å². The molecular formula is C38H46N4O4S. The molecule has 3 heterocycles. The van der Waals surface area contributed by atoms with Gasteiger partial charge in [0.15, 0.2) is 0 Å². The number of unbranched alkanes of at least 4 members (excludes halogenated alkanes) is 1. The maximum atomic E-state index is 14.1. The van der Waals surface area contributed by atoms with Crippen molar-refractivity contribution in [2.24, 2.45) is 5.73 Å². The van der Waals surface area contributed by atoms with Crippen LogP contribution in [-0.4, -0.2) is 85.7 Å². The molecule has 1 aliphatic carbocycles. The monoisotopic (exact) mass is 654 g/mol. The van der Waals surface area contributed by atoms with E-state index in [0.29, 0.717) is 36.4 Å². The maximum absolute atomic E-state index is 14.1. The molecule has 0 spiro atoms. The first-order valence-electron chi connectivity index (χ1n) is 16.9. The molecule has 1 unspecified atom stereocenters. The van der Waals surface area contributed by atoms with Crippen molar-refractivity contribution in [2.75, 3.05) is 63.9 Å². The fourth-order valence-corrected chi connectivity index (χ4v) is 8.09. The summed E-state index contributed by atoms with van der Waals surface area (Å²) in [5.74, 6) is 0.0280. The van der Waals surface area contributed by atoms with Gasteiger partial charge in [-0.05, 0) is 79.8 Å². The third-order valence-corrected chi connectivity index (χ3v) is 10.7. The lowest BCUT2D eigenvalue weighted by Gasteiger charge is -2.36. The molecule has 1 saturated heterocycles. The number of anilines is 1. The van der Waals surface area contributed by atoms with Crippen LogP contribution in [0.2, 0.25) is 0 Å². The molecule has 9 heteroatoms. The zero-order valence-corrected chi connectivity index (χ0v) is 27.9. The van der Waals surface area contributed by atoms with E-state index in [1.807, 2.05) is 71.7 Å². The normalized spacial score (nSPS) is 20.4. The molecule has 0 radical (unpaired) electrons. The van der Waals surface area contributed by atoms with Crippen LogP contribution in [0.4, 0.5) is 5.69 Å². The highest BCUT2D eigenvalue weighted by molar-refractivity contribution is 7.10. The largest absolute Gasteiger partial charge is 0.493 e. The van der Waals surface area contributed by atoms with Crippen LogP contribution in [0.15, 0.2) is 78.2 Å². The fraction of sp³-hybridized carbons (Fsp3) is 0.421. The van der Waals surface area contributed by atoms with E-state index in [0.717, 1.165) is 88.2 Å². The summed E-state index contributed by atoms with van der Waals surface area (Å²) in [6.45, 7) is 7.01. The number of nitrogens with two attached hydrogens (primary N) is 1. The summed E-state index contributed by atoms with van der Waals surface area (Å²) in [5.41, 5.74) is 9.16. The molecule has 1 aromatic heterocycles. The van der Waals surface area contributed by atoms with E-state index in [1.54, 1.807) is 11.3 Å². The average molecular weight is 655 g/mol. The van der Waals surface area contributed by atoms with Gasteiger partial charge in [0.1, 0.15) is 11.2 Å².